The van der Waals surface area contributed by atoms with Gasteiger partial charge in [-0.2, -0.15) is 8.42 Å². The molecule has 1 heterocycles. The number of ether oxygens (including phenoxy) is 3. The van der Waals surface area contributed by atoms with Crippen molar-refractivity contribution >= 4 is 10.1 Å². The van der Waals surface area contributed by atoms with Crippen LogP contribution in [0.5, 0.6) is 0 Å². The first-order valence-electron chi connectivity index (χ1n) is 9.11. The Balaban J connectivity index is 1.75. The van der Waals surface area contributed by atoms with Crippen LogP contribution in [0.25, 0.3) is 0 Å². The molecule has 0 bridgehead atoms. The molecular formula is C20H24O8S. The van der Waals surface area contributed by atoms with Gasteiger partial charge in [-0.25, -0.2) is 0 Å². The number of benzene rings is 2. The third kappa shape index (κ3) is 6.31. The standard InChI is InChI=1S/C20H24O8S/c21-17-16(13-29(23,24)25)28-20(22)19(27-12-15-9-5-2-6-10-15)18(17)26-11-14-7-3-1-4-8-14/h1-10,16-22H,11-13H2,(H,23,24,25)/t16-,17-,18+,19-,20+/m1/s1. The van der Waals surface area contributed by atoms with Crippen molar-refractivity contribution in [3.05, 3.63) is 71.8 Å². The predicted octanol–water partition coefficient (Wildman–Crippen LogP) is 1.12. The highest BCUT2D eigenvalue weighted by atomic mass is 32.2. The van der Waals surface area contributed by atoms with Crippen molar-refractivity contribution in [1.82, 2.24) is 0 Å². The van der Waals surface area contributed by atoms with Gasteiger partial charge in [0.25, 0.3) is 10.1 Å². The molecule has 1 fully saturated rings. The van der Waals surface area contributed by atoms with Crippen LogP contribution in [-0.2, 0) is 37.5 Å². The summed E-state index contributed by atoms with van der Waals surface area (Å²) in [4.78, 5) is 0. The summed E-state index contributed by atoms with van der Waals surface area (Å²) in [5.41, 5.74) is 1.67. The Morgan fingerprint density at radius 3 is 1.79 bits per heavy atom. The minimum Gasteiger partial charge on any atom is -0.388 e. The van der Waals surface area contributed by atoms with Crippen LogP contribution in [0.2, 0.25) is 0 Å². The molecule has 3 rings (SSSR count). The monoisotopic (exact) mass is 424 g/mol. The van der Waals surface area contributed by atoms with E-state index in [1.807, 2.05) is 60.7 Å². The fourth-order valence-corrected chi connectivity index (χ4v) is 3.85. The summed E-state index contributed by atoms with van der Waals surface area (Å²) in [5, 5.41) is 21.0. The van der Waals surface area contributed by atoms with Crippen LogP contribution in [0.15, 0.2) is 60.7 Å². The van der Waals surface area contributed by atoms with Crippen molar-refractivity contribution in [1.29, 1.82) is 0 Å². The van der Waals surface area contributed by atoms with Gasteiger partial charge in [-0.3, -0.25) is 4.55 Å². The van der Waals surface area contributed by atoms with E-state index >= 15 is 0 Å². The molecule has 0 amide bonds. The maximum atomic E-state index is 11.2. The van der Waals surface area contributed by atoms with E-state index in [0.717, 1.165) is 11.1 Å². The second kappa shape index (κ2) is 9.77. The van der Waals surface area contributed by atoms with Gasteiger partial charge in [-0.15, -0.1) is 0 Å². The number of rotatable bonds is 8. The highest BCUT2D eigenvalue weighted by Gasteiger charge is 2.47. The maximum absolute atomic E-state index is 11.2. The van der Waals surface area contributed by atoms with E-state index < -0.39 is 46.6 Å². The number of aliphatic hydroxyl groups excluding tert-OH is 2. The van der Waals surface area contributed by atoms with Crippen molar-refractivity contribution in [2.75, 3.05) is 5.75 Å². The fourth-order valence-electron chi connectivity index (χ4n) is 3.15. The smallest absolute Gasteiger partial charge is 0.267 e. The number of aliphatic hydroxyl groups is 2. The Kier molecular flexibility index (Phi) is 7.36. The van der Waals surface area contributed by atoms with E-state index in [4.69, 9.17) is 18.8 Å². The summed E-state index contributed by atoms with van der Waals surface area (Å²) in [6.07, 6.45) is -6.49. The van der Waals surface area contributed by atoms with Crippen LogP contribution in [0.4, 0.5) is 0 Å². The molecule has 8 nitrogen and oxygen atoms in total. The Morgan fingerprint density at radius 2 is 1.31 bits per heavy atom. The van der Waals surface area contributed by atoms with Crippen molar-refractivity contribution in [3.63, 3.8) is 0 Å². The predicted molar refractivity (Wildman–Crippen MR) is 103 cm³/mol. The van der Waals surface area contributed by atoms with E-state index in [2.05, 4.69) is 0 Å². The summed E-state index contributed by atoms with van der Waals surface area (Å²) in [5.74, 6) is -0.873. The van der Waals surface area contributed by atoms with Crippen LogP contribution >= 0.6 is 0 Å². The SMILES string of the molecule is O=S(=O)(O)C[C@H]1O[C@H](O)[C@H](OCc2ccccc2)[C@@H](OCc2ccccc2)[C@@H]1O. The highest BCUT2D eigenvalue weighted by molar-refractivity contribution is 7.85. The van der Waals surface area contributed by atoms with Crippen LogP contribution in [-0.4, -0.2) is 59.6 Å². The molecule has 0 radical (unpaired) electrons. The van der Waals surface area contributed by atoms with E-state index in [1.165, 1.54) is 0 Å². The minimum atomic E-state index is -4.44. The quantitative estimate of drug-likeness (QED) is 0.539. The van der Waals surface area contributed by atoms with Crippen LogP contribution in [0, 0.1) is 0 Å². The molecule has 0 aliphatic carbocycles. The molecule has 2 aromatic carbocycles. The Morgan fingerprint density at radius 1 is 0.828 bits per heavy atom. The van der Waals surface area contributed by atoms with Gasteiger partial charge < -0.3 is 24.4 Å². The van der Waals surface area contributed by atoms with Crippen molar-refractivity contribution < 1.29 is 37.4 Å². The summed E-state index contributed by atoms with van der Waals surface area (Å²) >= 11 is 0. The second-order valence-electron chi connectivity index (χ2n) is 6.83. The van der Waals surface area contributed by atoms with Crippen molar-refractivity contribution in [2.24, 2.45) is 0 Å². The third-order valence-corrected chi connectivity index (χ3v) is 5.33. The lowest BCUT2D eigenvalue weighted by atomic mass is 9.99. The van der Waals surface area contributed by atoms with E-state index in [-0.39, 0.29) is 13.2 Å². The molecule has 3 N–H and O–H groups in total. The zero-order valence-corrected chi connectivity index (χ0v) is 16.4. The zero-order valence-electron chi connectivity index (χ0n) is 15.6. The molecule has 0 aromatic heterocycles. The first-order valence-corrected chi connectivity index (χ1v) is 10.7. The van der Waals surface area contributed by atoms with Crippen LogP contribution in [0.1, 0.15) is 11.1 Å². The van der Waals surface area contributed by atoms with Crippen LogP contribution in [0.3, 0.4) is 0 Å². The molecule has 1 aliphatic rings. The van der Waals surface area contributed by atoms with Gasteiger partial charge in [0.15, 0.2) is 6.29 Å². The minimum absolute atomic E-state index is 0.110. The van der Waals surface area contributed by atoms with Gasteiger partial charge in [-0.05, 0) is 11.1 Å². The van der Waals surface area contributed by atoms with Crippen molar-refractivity contribution in [3.8, 4) is 0 Å². The first-order chi connectivity index (χ1) is 13.8. The molecule has 29 heavy (non-hydrogen) atoms. The molecule has 2 aromatic rings. The lowest BCUT2D eigenvalue weighted by Gasteiger charge is -2.42. The van der Waals surface area contributed by atoms with Gasteiger partial charge in [0, 0.05) is 0 Å². The molecule has 9 heteroatoms. The topological polar surface area (TPSA) is 123 Å². The lowest BCUT2D eigenvalue weighted by molar-refractivity contribution is -0.299. The highest BCUT2D eigenvalue weighted by Crippen LogP contribution is 2.27. The molecule has 0 unspecified atom stereocenters. The molecule has 158 valence electrons. The first kappa shape index (κ1) is 21.8. The van der Waals surface area contributed by atoms with Crippen LogP contribution < -0.4 is 0 Å². The Labute approximate surface area is 169 Å². The molecule has 5 atom stereocenters. The average molecular weight is 424 g/mol. The summed E-state index contributed by atoms with van der Waals surface area (Å²) in [6.45, 7) is 0.242. The van der Waals surface area contributed by atoms with E-state index in [9.17, 15) is 18.6 Å². The summed E-state index contributed by atoms with van der Waals surface area (Å²) in [6, 6.07) is 18.4. The normalized spacial score (nSPS) is 27.6. The largest absolute Gasteiger partial charge is 0.388 e. The van der Waals surface area contributed by atoms with Gasteiger partial charge >= 0.3 is 0 Å². The zero-order chi connectivity index (χ0) is 20.9. The van der Waals surface area contributed by atoms with E-state index in [1.54, 1.807) is 0 Å². The molecule has 0 spiro atoms. The summed E-state index contributed by atoms with van der Waals surface area (Å²) in [7, 11) is -4.44. The molecular weight excluding hydrogens is 400 g/mol. The van der Waals surface area contributed by atoms with Gasteiger partial charge in [0.05, 0.1) is 13.2 Å². The molecule has 0 saturated carbocycles. The maximum Gasteiger partial charge on any atom is 0.267 e. The second-order valence-corrected chi connectivity index (χ2v) is 8.32. The molecule has 1 saturated heterocycles. The van der Waals surface area contributed by atoms with Gasteiger partial charge in [0.1, 0.15) is 30.2 Å². The Bertz CT molecular complexity index is 859. The third-order valence-electron chi connectivity index (χ3n) is 4.58. The number of hydrogen-bond acceptors (Lipinski definition) is 7. The van der Waals surface area contributed by atoms with Gasteiger partial charge in [0.2, 0.25) is 0 Å². The Hall–Kier alpha value is -1.85. The fraction of sp³-hybridized carbons (Fsp3) is 0.400. The number of hydrogen-bond donors (Lipinski definition) is 3. The molecule has 1 aliphatic heterocycles. The average Bonchev–Trinajstić information content (AvgIpc) is 2.69. The van der Waals surface area contributed by atoms with Gasteiger partial charge in [-0.1, -0.05) is 60.7 Å². The lowest BCUT2D eigenvalue weighted by Crippen LogP contribution is -2.60. The van der Waals surface area contributed by atoms with Crippen molar-refractivity contribution in [2.45, 2.75) is 43.9 Å². The van der Waals surface area contributed by atoms with E-state index in [0.29, 0.717) is 0 Å². The summed E-state index contributed by atoms with van der Waals surface area (Å²) < 4.78 is 48.4.